The molecule has 1 aliphatic heterocycles. The molecule has 4 nitrogen and oxygen atoms in total. The van der Waals surface area contributed by atoms with Crippen LogP contribution in [0.25, 0.3) is 5.57 Å². The Labute approximate surface area is 211 Å². The Morgan fingerprint density at radius 2 is 1.19 bits per heavy atom. The van der Waals surface area contributed by atoms with Gasteiger partial charge in [-0.15, -0.1) is 0 Å². The van der Waals surface area contributed by atoms with Crippen LogP contribution in [0.15, 0.2) is 90.5 Å². The Morgan fingerprint density at radius 3 is 1.64 bits per heavy atom. The second-order valence-corrected chi connectivity index (χ2v) is 9.99. The molecular weight excluding hydrogens is 446 g/mol. The van der Waals surface area contributed by atoms with Gasteiger partial charge in [-0.1, -0.05) is 71.8 Å². The summed E-state index contributed by atoms with van der Waals surface area (Å²) in [5.74, 6) is -0.358. The number of anilines is 1. The summed E-state index contributed by atoms with van der Waals surface area (Å²) < 4.78 is 5.53. The van der Waals surface area contributed by atoms with Crippen LogP contribution in [0.5, 0.6) is 5.75 Å². The number of hydrogen-bond donors (Lipinski definition) is 0. The Kier molecular flexibility index (Phi) is 5.40. The maximum atomic E-state index is 13.7. The summed E-state index contributed by atoms with van der Waals surface area (Å²) in [5.41, 5.74) is 7.62. The second-order valence-electron chi connectivity index (χ2n) is 9.99. The fourth-order valence-corrected chi connectivity index (χ4v) is 6.15. The molecule has 4 heteroatoms. The number of ether oxygens (including phenoxy) is 1. The molecule has 0 radical (unpaired) electrons. The van der Waals surface area contributed by atoms with Gasteiger partial charge < -0.3 is 4.74 Å². The largest absolute Gasteiger partial charge is 0.494 e. The normalized spacial score (nSPS) is 24.0. The van der Waals surface area contributed by atoms with Gasteiger partial charge in [0.2, 0.25) is 11.8 Å². The fraction of sp³-hybridized carbons (Fsp3) is 0.250. The zero-order valence-electron chi connectivity index (χ0n) is 20.8. The van der Waals surface area contributed by atoms with Gasteiger partial charge in [0.15, 0.2) is 0 Å². The fourth-order valence-electron chi connectivity index (χ4n) is 6.15. The van der Waals surface area contributed by atoms with Gasteiger partial charge in [0.1, 0.15) is 5.75 Å². The lowest BCUT2D eigenvalue weighted by Gasteiger charge is -2.22. The van der Waals surface area contributed by atoms with Crippen molar-refractivity contribution in [2.24, 2.45) is 23.7 Å². The van der Waals surface area contributed by atoms with E-state index in [2.05, 4.69) is 74.5 Å². The average molecular weight is 476 g/mol. The number of imide groups is 1. The highest BCUT2D eigenvalue weighted by Crippen LogP contribution is 2.58. The molecule has 36 heavy (non-hydrogen) atoms. The van der Waals surface area contributed by atoms with E-state index >= 15 is 0 Å². The van der Waals surface area contributed by atoms with E-state index in [0.717, 1.165) is 22.4 Å². The first-order chi connectivity index (χ1) is 17.5. The van der Waals surface area contributed by atoms with Crippen molar-refractivity contribution < 1.29 is 14.3 Å². The smallest absolute Gasteiger partial charge is 0.238 e. The second kappa shape index (κ2) is 8.63. The van der Waals surface area contributed by atoms with E-state index in [0.29, 0.717) is 12.3 Å². The van der Waals surface area contributed by atoms with Gasteiger partial charge >= 0.3 is 0 Å². The van der Waals surface area contributed by atoms with Crippen molar-refractivity contribution in [3.63, 3.8) is 0 Å². The Hall–Kier alpha value is -3.92. The lowest BCUT2D eigenvalue weighted by atomic mass is 9.85. The highest BCUT2D eigenvalue weighted by atomic mass is 16.5. The first kappa shape index (κ1) is 22.5. The minimum absolute atomic E-state index is 0.0817. The quantitative estimate of drug-likeness (QED) is 0.330. The van der Waals surface area contributed by atoms with Crippen LogP contribution in [0.4, 0.5) is 5.69 Å². The number of benzene rings is 3. The Balaban J connectivity index is 1.43. The Bertz CT molecular complexity index is 1320. The first-order valence-electron chi connectivity index (χ1n) is 12.6. The maximum absolute atomic E-state index is 13.7. The minimum atomic E-state index is -0.361. The number of aryl methyl sites for hydroxylation is 2. The zero-order valence-corrected chi connectivity index (χ0v) is 20.8. The topological polar surface area (TPSA) is 46.6 Å². The molecule has 1 saturated carbocycles. The van der Waals surface area contributed by atoms with E-state index in [1.54, 1.807) is 12.1 Å². The number of hydrogen-bond acceptors (Lipinski definition) is 3. The number of nitrogens with zero attached hydrogens (tertiary/aromatic N) is 1. The summed E-state index contributed by atoms with van der Waals surface area (Å²) in [6.07, 6.45) is 4.30. The summed E-state index contributed by atoms with van der Waals surface area (Å²) in [7, 11) is 0. The molecule has 1 heterocycles. The third kappa shape index (κ3) is 3.43. The van der Waals surface area contributed by atoms with Crippen molar-refractivity contribution in [1.82, 2.24) is 0 Å². The number of carbonyl (C=O) groups excluding carboxylic acids is 2. The number of rotatable bonds is 5. The molecule has 2 amide bonds. The summed E-state index contributed by atoms with van der Waals surface area (Å²) in [4.78, 5) is 28.9. The van der Waals surface area contributed by atoms with Crippen LogP contribution in [0.2, 0.25) is 0 Å². The van der Waals surface area contributed by atoms with Crippen molar-refractivity contribution in [2.75, 3.05) is 11.5 Å². The number of amides is 2. The van der Waals surface area contributed by atoms with Gasteiger partial charge in [-0.3, -0.25) is 9.59 Å². The molecule has 2 bridgehead atoms. The zero-order chi connectivity index (χ0) is 25.0. The van der Waals surface area contributed by atoms with Gasteiger partial charge in [0.25, 0.3) is 0 Å². The number of allylic oxidation sites excluding steroid dienone is 3. The molecule has 1 saturated heterocycles. The molecule has 0 spiro atoms. The summed E-state index contributed by atoms with van der Waals surface area (Å²) >= 11 is 0. The van der Waals surface area contributed by atoms with Crippen molar-refractivity contribution in [3.8, 4) is 5.75 Å². The van der Waals surface area contributed by atoms with Crippen LogP contribution in [0.1, 0.15) is 29.2 Å². The third-order valence-corrected chi connectivity index (χ3v) is 7.79. The highest BCUT2D eigenvalue weighted by Gasteiger charge is 2.62. The molecule has 180 valence electrons. The van der Waals surface area contributed by atoms with Gasteiger partial charge in [-0.2, -0.15) is 0 Å². The van der Waals surface area contributed by atoms with Crippen LogP contribution >= 0.6 is 0 Å². The van der Waals surface area contributed by atoms with Crippen molar-refractivity contribution in [3.05, 3.63) is 113 Å². The molecular formula is C32H29NO3. The molecule has 0 aromatic heterocycles. The van der Waals surface area contributed by atoms with Crippen LogP contribution < -0.4 is 9.64 Å². The molecule has 3 aliphatic rings. The number of fused-ring (bicyclic) bond motifs is 5. The molecule has 6 rings (SSSR count). The predicted octanol–water partition coefficient (Wildman–Crippen LogP) is 6.13. The molecule has 2 fully saturated rings. The molecule has 0 unspecified atom stereocenters. The van der Waals surface area contributed by atoms with Crippen molar-refractivity contribution in [1.29, 1.82) is 0 Å². The molecule has 4 atom stereocenters. The van der Waals surface area contributed by atoms with Gasteiger partial charge in [-0.05, 0) is 67.3 Å². The van der Waals surface area contributed by atoms with E-state index in [4.69, 9.17) is 4.74 Å². The van der Waals surface area contributed by atoms with Crippen LogP contribution in [-0.4, -0.2) is 18.4 Å². The number of carbonyl (C=O) groups is 2. The summed E-state index contributed by atoms with van der Waals surface area (Å²) in [6.45, 7) is 6.67. The average Bonchev–Trinajstić information content (AvgIpc) is 3.51. The third-order valence-electron chi connectivity index (χ3n) is 7.79. The molecule has 3 aromatic rings. The molecule has 3 aromatic carbocycles. The van der Waals surface area contributed by atoms with E-state index in [9.17, 15) is 9.59 Å². The van der Waals surface area contributed by atoms with E-state index in [1.165, 1.54) is 21.6 Å². The monoisotopic (exact) mass is 475 g/mol. The standard InChI is InChI=1S/C32H29NO3/c1-4-36-24-15-13-23(14-16-24)33-31(34)29-25-17-18-26(30(29)32(33)35)28(25)27(21-9-5-19(2)6-10-21)22-11-7-20(3)8-12-22/h5-18,25-26,29-30H,4H2,1-3H3/t25-,26-,29-,30-/m0/s1. The predicted molar refractivity (Wildman–Crippen MR) is 142 cm³/mol. The highest BCUT2D eigenvalue weighted by molar-refractivity contribution is 6.23. The van der Waals surface area contributed by atoms with Crippen molar-refractivity contribution in [2.45, 2.75) is 20.8 Å². The van der Waals surface area contributed by atoms with Crippen LogP contribution in [0.3, 0.4) is 0 Å². The first-order valence-corrected chi connectivity index (χ1v) is 12.6. The molecule has 2 aliphatic carbocycles. The van der Waals surface area contributed by atoms with Crippen LogP contribution in [-0.2, 0) is 9.59 Å². The summed E-state index contributed by atoms with van der Waals surface area (Å²) in [5, 5.41) is 0. The van der Waals surface area contributed by atoms with Gasteiger partial charge in [0.05, 0.1) is 24.1 Å². The van der Waals surface area contributed by atoms with Crippen LogP contribution in [0, 0.1) is 37.5 Å². The lowest BCUT2D eigenvalue weighted by Crippen LogP contribution is -2.33. The van der Waals surface area contributed by atoms with Gasteiger partial charge in [-0.25, -0.2) is 4.90 Å². The molecule has 0 N–H and O–H groups in total. The van der Waals surface area contributed by atoms with Gasteiger partial charge in [0, 0.05) is 11.8 Å². The summed E-state index contributed by atoms with van der Waals surface area (Å²) in [6, 6.07) is 24.4. The van der Waals surface area contributed by atoms with E-state index in [1.807, 2.05) is 19.1 Å². The Morgan fingerprint density at radius 1 is 0.722 bits per heavy atom. The maximum Gasteiger partial charge on any atom is 0.238 e. The lowest BCUT2D eigenvalue weighted by molar-refractivity contribution is -0.122. The van der Waals surface area contributed by atoms with E-state index in [-0.39, 0.29) is 35.5 Å². The van der Waals surface area contributed by atoms with Crippen molar-refractivity contribution >= 4 is 23.1 Å². The minimum Gasteiger partial charge on any atom is -0.494 e. The van der Waals surface area contributed by atoms with E-state index < -0.39 is 0 Å². The SMILES string of the molecule is CCOc1ccc(N2C(=O)[C@@H]3[C@@H](C2=O)[C@H]2C=C[C@H]3C2=C(c2ccc(C)cc2)c2ccc(C)cc2)cc1.